The zero-order chi connectivity index (χ0) is 16.4. The summed E-state index contributed by atoms with van der Waals surface area (Å²) in [5.41, 5.74) is -5.92. The van der Waals surface area contributed by atoms with Crippen LogP contribution < -0.4 is 0 Å². The molecule has 0 fully saturated rings. The minimum absolute atomic E-state index is 0.327. The van der Waals surface area contributed by atoms with Crippen LogP contribution in [0.4, 0.5) is 30.7 Å². The molecule has 10 heteroatoms. The van der Waals surface area contributed by atoms with E-state index in [1.165, 1.54) is 0 Å². The first-order valence-electron chi connectivity index (χ1n) is 5.06. The number of aliphatic hydroxyl groups excluding tert-OH is 1. The van der Waals surface area contributed by atoms with Gasteiger partial charge in [-0.05, 0) is 6.92 Å². The lowest BCUT2D eigenvalue weighted by molar-refractivity contribution is -0.348. The van der Waals surface area contributed by atoms with Crippen molar-refractivity contribution in [2.45, 2.75) is 37.5 Å². The molecule has 1 unspecified atom stereocenters. The maximum absolute atomic E-state index is 13.3. The van der Waals surface area contributed by atoms with Crippen LogP contribution in [0, 0.1) is 0 Å². The fraction of sp³-hybridized carbons (Fsp3) is 0.700. The van der Waals surface area contributed by atoms with Gasteiger partial charge in [-0.2, -0.15) is 26.3 Å². The van der Waals surface area contributed by atoms with Crippen molar-refractivity contribution in [3.8, 4) is 0 Å². The highest BCUT2D eigenvalue weighted by molar-refractivity contribution is 5.87. The van der Waals surface area contributed by atoms with Crippen molar-refractivity contribution in [1.82, 2.24) is 0 Å². The van der Waals surface area contributed by atoms with Gasteiger partial charge in [-0.3, -0.25) is 0 Å². The van der Waals surface area contributed by atoms with Crippen molar-refractivity contribution in [2.24, 2.45) is 0 Å². The van der Waals surface area contributed by atoms with Crippen LogP contribution in [0.1, 0.15) is 13.3 Å². The molecule has 0 amide bonds. The quantitative estimate of drug-likeness (QED) is 0.482. The minimum Gasteiger partial charge on any atom is -0.456 e. The predicted molar refractivity (Wildman–Crippen MR) is 52.3 cm³/mol. The van der Waals surface area contributed by atoms with Crippen LogP contribution in [-0.2, 0) is 9.53 Å². The Morgan fingerprint density at radius 3 is 1.80 bits per heavy atom. The number of alkyl halides is 7. The SMILES string of the molecule is C=C(C)C(=O)OC(CO)CC(F)(C(F)(F)F)C(F)(F)F. The molecule has 0 heterocycles. The van der Waals surface area contributed by atoms with Gasteiger partial charge >= 0.3 is 24.0 Å². The topological polar surface area (TPSA) is 46.5 Å². The Labute approximate surface area is 109 Å². The van der Waals surface area contributed by atoms with Gasteiger partial charge in [0.1, 0.15) is 6.10 Å². The van der Waals surface area contributed by atoms with E-state index in [1.54, 1.807) is 0 Å². The highest BCUT2D eigenvalue weighted by Crippen LogP contribution is 2.49. The first-order chi connectivity index (χ1) is 8.76. The van der Waals surface area contributed by atoms with E-state index < -0.39 is 43.1 Å². The van der Waals surface area contributed by atoms with Crippen LogP contribution in [-0.4, -0.2) is 41.8 Å². The summed E-state index contributed by atoms with van der Waals surface area (Å²) >= 11 is 0. The molecule has 3 nitrogen and oxygen atoms in total. The highest BCUT2D eigenvalue weighted by atomic mass is 19.4. The third-order valence-corrected chi connectivity index (χ3v) is 2.23. The minimum atomic E-state index is -6.27. The molecule has 0 rings (SSSR count). The molecular weight excluding hydrogens is 301 g/mol. The van der Waals surface area contributed by atoms with Crippen LogP contribution in [0.2, 0.25) is 0 Å². The van der Waals surface area contributed by atoms with Crippen molar-refractivity contribution < 1.29 is 45.4 Å². The van der Waals surface area contributed by atoms with Gasteiger partial charge in [-0.15, -0.1) is 0 Å². The van der Waals surface area contributed by atoms with E-state index in [4.69, 9.17) is 5.11 Å². The molecule has 20 heavy (non-hydrogen) atoms. The number of esters is 1. The Kier molecular flexibility index (Phi) is 5.59. The Bertz CT molecular complexity index is 358. The molecule has 118 valence electrons. The molecule has 0 spiro atoms. The largest absolute Gasteiger partial charge is 0.456 e. The number of rotatable bonds is 5. The molecule has 0 saturated carbocycles. The van der Waals surface area contributed by atoms with Crippen molar-refractivity contribution >= 4 is 5.97 Å². The lowest BCUT2D eigenvalue weighted by atomic mass is 9.96. The van der Waals surface area contributed by atoms with E-state index in [-0.39, 0.29) is 5.57 Å². The zero-order valence-electron chi connectivity index (χ0n) is 10.1. The standard InChI is InChI=1S/C10H11F7O3/c1-5(2)7(19)20-6(4-18)3-8(11,9(12,13)14)10(15,16)17/h6,18H,1,3-4H2,2H3. The summed E-state index contributed by atoms with van der Waals surface area (Å²) in [6.45, 7) is 2.71. The van der Waals surface area contributed by atoms with Gasteiger partial charge < -0.3 is 9.84 Å². The number of hydrogen-bond donors (Lipinski definition) is 1. The van der Waals surface area contributed by atoms with Gasteiger partial charge in [0.2, 0.25) is 0 Å². The lowest BCUT2D eigenvalue weighted by Crippen LogP contribution is -2.55. The molecule has 0 aromatic heterocycles. The van der Waals surface area contributed by atoms with Gasteiger partial charge in [0, 0.05) is 12.0 Å². The number of halogens is 7. The summed E-state index contributed by atoms with van der Waals surface area (Å²) < 4.78 is 91.0. The van der Waals surface area contributed by atoms with Crippen LogP contribution in [0.5, 0.6) is 0 Å². The maximum Gasteiger partial charge on any atom is 0.431 e. The van der Waals surface area contributed by atoms with Gasteiger partial charge in [0.15, 0.2) is 0 Å². The number of carbonyl (C=O) groups excluding carboxylic acids is 1. The first-order valence-corrected chi connectivity index (χ1v) is 5.06. The zero-order valence-corrected chi connectivity index (χ0v) is 10.1. The lowest BCUT2D eigenvalue weighted by Gasteiger charge is -2.32. The van der Waals surface area contributed by atoms with Crippen molar-refractivity contribution in [3.63, 3.8) is 0 Å². The second-order valence-electron chi connectivity index (χ2n) is 3.99. The second kappa shape index (κ2) is 5.98. The predicted octanol–water partition coefficient (Wildman–Crippen LogP) is 2.69. The van der Waals surface area contributed by atoms with E-state index in [0.29, 0.717) is 0 Å². The van der Waals surface area contributed by atoms with Gasteiger partial charge in [-0.1, -0.05) is 6.58 Å². The average Bonchev–Trinajstić information content (AvgIpc) is 2.24. The molecule has 0 aliphatic heterocycles. The Hall–Kier alpha value is -1.32. The monoisotopic (exact) mass is 312 g/mol. The van der Waals surface area contributed by atoms with E-state index in [0.717, 1.165) is 6.92 Å². The van der Waals surface area contributed by atoms with Crippen molar-refractivity contribution in [3.05, 3.63) is 12.2 Å². The summed E-state index contributed by atoms with van der Waals surface area (Å²) in [5.74, 6) is -1.34. The van der Waals surface area contributed by atoms with Crippen LogP contribution in [0.15, 0.2) is 12.2 Å². The van der Waals surface area contributed by atoms with Gasteiger partial charge in [0.25, 0.3) is 0 Å². The average molecular weight is 312 g/mol. The Balaban J connectivity index is 5.26. The smallest absolute Gasteiger partial charge is 0.431 e. The first kappa shape index (κ1) is 18.7. The number of carbonyl (C=O) groups is 1. The van der Waals surface area contributed by atoms with Crippen LogP contribution in [0.3, 0.4) is 0 Å². The summed E-state index contributed by atoms with van der Waals surface area (Å²) in [6.07, 6.45) is -17.1. The molecule has 0 bridgehead atoms. The molecule has 0 radical (unpaired) electrons. The summed E-state index contributed by atoms with van der Waals surface area (Å²) in [6, 6.07) is 0. The van der Waals surface area contributed by atoms with Crippen LogP contribution in [0.25, 0.3) is 0 Å². The molecule has 0 aliphatic rings. The normalized spacial score (nSPS) is 14.8. The summed E-state index contributed by atoms with van der Waals surface area (Å²) in [7, 11) is 0. The third-order valence-electron chi connectivity index (χ3n) is 2.23. The van der Waals surface area contributed by atoms with E-state index >= 15 is 0 Å². The molecule has 0 aromatic carbocycles. The molecule has 1 N–H and O–H groups in total. The fourth-order valence-electron chi connectivity index (χ4n) is 1.10. The highest BCUT2D eigenvalue weighted by Gasteiger charge is 2.73. The fourth-order valence-corrected chi connectivity index (χ4v) is 1.10. The molecule has 0 aliphatic carbocycles. The van der Waals surface area contributed by atoms with E-state index in [9.17, 15) is 35.5 Å². The summed E-state index contributed by atoms with van der Waals surface area (Å²) in [4.78, 5) is 11.0. The molecule has 1 atom stereocenters. The Morgan fingerprint density at radius 1 is 1.15 bits per heavy atom. The molecule has 0 saturated heterocycles. The molecular formula is C10H11F7O3. The maximum atomic E-state index is 13.3. The van der Waals surface area contributed by atoms with Crippen molar-refractivity contribution in [1.29, 1.82) is 0 Å². The Morgan fingerprint density at radius 2 is 1.55 bits per heavy atom. The summed E-state index contributed by atoms with van der Waals surface area (Å²) in [5, 5.41) is 8.64. The second-order valence-corrected chi connectivity index (χ2v) is 3.99. The molecule has 0 aromatic rings. The van der Waals surface area contributed by atoms with Crippen molar-refractivity contribution in [2.75, 3.05) is 6.61 Å². The van der Waals surface area contributed by atoms with E-state index in [2.05, 4.69) is 11.3 Å². The van der Waals surface area contributed by atoms with E-state index in [1.807, 2.05) is 0 Å². The van der Waals surface area contributed by atoms with Gasteiger partial charge in [-0.25, -0.2) is 9.18 Å². The number of aliphatic hydroxyl groups is 1. The number of hydrogen-bond acceptors (Lipinski definition) is 3. The third kappa shape index (κ3) is 4.09. The van der Waals surface area contributed by atoms with Gasteiger partial charge in [0.05, 0.1) is 6.61 Å². The number of ether oxygens (including phenoxy) is 1. The van der Waals surface area contributed by atoms with Crippen LogP contribution >= 0.6 is 0 Å².